The highest BCUT2D eigenvalue weighted by Crippen LogP contribution is 2.27. The van der Waals surface area contributed by atoms with E-state index in [1.54, 1.807) is 13.8 Å². The molecule has 4 nitrogen and oxygen atoms in total. The summed E-state index contributed by atoms with van der Waals surface area (Å²) < 4.78 is 24.8. The number of rotatable bonds is 4. The number of sulfonamides is 1. The van der Waals surface area contributed by atoms with Crippen LogP contribution in [-0.2, 0) is 10.0 Å². The molecule has 0 aromatic carbocycles. The van der Waals surface area contributed by atoms with E-state index in [4.69, 9.17) is 5.73 Å². The smallest absolute Gasteiger partial charge is 0.216 e. The first kappa shape index (κ1) is 11.9. The quantitative estimate of drug-likeness (QED) is 0.752. The van der Waals surface area contributed by atoms with Crippen LogP contribution in [0.15, 0.2) is 0 Å². The van der Waals surface area contributed by atoms with Gasteiger partial charge >= 0.3 is 0 Å². The predicted molar refractivity (Wildman–Crippen MR) is 57.5 cm³/mol. The van der Waals surface area contributed by atoms with Crippen LogP contribution in [-0.4, -0.2) is 36.6 Å². The SMILES string of the molecule is CCCC1(N)CN(S(=O)(=O)C(C)C)C1. The summed E-state index contributed by atoms with van der Waals surface area (Å²) in [4.78, 5) is 0. The van der Waals surface area contributed by atoms with Gasteiger partial charge in [-0.25, -0.2) is 8.42 Å². The average molecular weight is 220 g/mol. The second-order valence-electron chi connectivity index (χ2n) is 4.47. The van der Waals surface area contributed by atoms with Gasteiger partial charge in [0.25, 0.3) is 0 Å². The minimum Gasteiger partial charge on any atom is -0.323 e. The van der Waals surface area contributed by atoms with Crippen molar-refractivity contribution in [2.24, 2.45) is 5.73 Å². The Bertz CT molecular complexity index is 292. The summed E-state index contributed by atoms with van der Waals surface area (Å²) in [6, 6.07) is 0. The van der Waals surface area contributed by atoms with Crippen molar-refractivity contribution in [2.75, 3.05) is 13.1 Å². The predicted octanol–water partition coefficient (Wildman–Crippen LogP) is 0.538. The van der Waals surface area contributed by atoms with Gasteiger partial charge in [-0.05, 0) is 20.3 Å². The summed E-state index contributed by atoms with van der Waals surface area (Å²) in [5.74, 6) is 0. The molecule has 0 radical (unpaired) electrons. The first-order valence-electron chi connectivity index (χ1n) is 5.10. The third-order valence-electron chi connectivity index (χ3n) is 2.69. The van der Waals surface area contributed by atoms with Gasteiger partial charge < -0.3 is 5.73 Å². The van der Waals surface area contributed by atoms with E-state index in [1.807, 2.05) is 0 Å². The Morgan fingerprint density at radius 3 is 2.29 bits per heavy atom. The summed E-state index contributed by atoms with van der Waals surface area (Å²) in [7, 11) is -3.08. The molecule has 0 bridgehead atoms. The third-order valence-corrected chi connectivity index (χ3v) is 4.86. The zero-order valence-electron chi connectivity index (χ0n) is 9.16. The molecule has 1 aliphatic rings. The maximum atomic E-state index is 11.7. The van der Waals surface area contributed by atoms with Crippen molar-refractivity contribution in [3.63, 3.8) is 0 Å². The van der Waals surface area contributed by atoms with Crippen molar-refractivity contribution < 1.29 is 8.42 Å². The summed E-state index contributed by atoms with van der Waals surface area (Å²) in [6.45, 7) is 6.44. The van der Waals surface area contributed by atoms with Crippen LogP contribution in [0.25, 0.3) is 0 Å². The third kappa shape index (κ3) is 2.10. The lowest BCUT2D eigenvalue weighted by molar-refractivity contribution is 0.146. The second-order valence-corrected chi connectivity index (χ2v) is 6.96. The van der Waals surface area contributed by atoms with E-state index in [1.165, 1.54) is 4.31 Å². The van der Waals surface area contributed by atoms with E-state index in [-0.39, 0.29) is 10.8 Å². The molecule has 0 saturated carbocycles. The summed E-state index contributed by atoms with van der Waals surface area (Å²) in [6.07, 6.45) is 1.91. The fourth-order valence-electron chi connectivity index (χ4n) is 1.79. The van der Waals surface area contributed by atoms with Gasteiger partial charge in [-0.2, -0.15) is 4.31 Å². The highest BCUT2D eigenvalue weighted by atomic mass is 32.2. The van der Waals surface area contributed by atoms with Crippen LogP contribution in [0.1, 0.15) is 33.6 Å². The van der Waals surface area contributed by atoms with E-state index in [2.05, 4.69) is 6.92 Å². The molecular weight excluding hydrogens is 200 g/mol. The molecule has 1 rings (SSSR count). The lowest BCUT2D eigenvalue weighted by Crippen LogP contribution is -2.69. The Kier molecular flexibility index (Phi) is 3.23. The van der Waals surface area contributed by atoms with Crippen molar-refractivity contribution in [3.8, 4) is 0 Å². The average Bonchev–Trinajstić information content (AvgIpc) is 2.00. The van der Waals surface area contributed by atoms with Crippen LogP contribution < -0.4 is 5.73 Å². The largest absolute Gasteiger partial charge is 0.323 e. The molecule has 84 valence electrons. The Balaban J connectivity index is 2.57. The first-order chi connectivity index (χ1) is 6.32. The van der Waals surface area contributed by atoms with Gasteiger partial charge in [-0.3, -0.25) is 0 Å². The summed E-state index contributed by atoms with van der Waals surface area (Å²) in [5, 5.41) is -0.339. The van der Waals surface area contributed by atoms with Crippen LogP contribution in [0.5, 0.6) is 0 Å². The van der Waals surface area contributed by atoms with Crippen molar-refractivity contribution in [2.45, 2.75) is 44.4 Å². The fourth-order valence-corrected chi connectivity index (χ4v) is 3.26. The first-order valence-corrected chi connectivity index (χ1v) is 6.60. The maximum absolute atomic E-state index is 11.7. The lowest BCUT2D eigenvalue weighted by atomic mass is 9.89. The topological polar surface area (TPSA) is 63.4 Å². The van der Waals surface area contributed by atoms with E-state index in [9.17, 15) is 8.42 Å². The maximum Gasteiger partial charge on any atom is 0.216 e. The summed E-state index contributed by atoms with van der Waals surface area (Å²) >= 11 is 0. The van der Waals surface area contributed by atoms with Crippen LogP contribution in [0.4, 0.5) is 0 Å². The molecule has 0 aliphatic carbocycles. The molecule has 14 heavy (non-hydrogen) atoms. The Morgan fingerprint density at radius 1 is 1.43 bits per heavy atom. The van der Waals surface area contributed by atoms with Gasteiger partial charge in [0.05, 0.1) is 5.25 Å². The normalized spacial score (nSPS) is 22.4. The van der Waals surface area contributed by atoms with Crippen molar-refractivity contribution in [1.82, 2.24) is 4.31 Å². The van der Waals surface area contributed by atoms with Crippen LogP contribution in [0, 0.1) is 0 Å². The Morgan fingerprint density at radius 2 is 1.93 bits per heavy atom. The van der Waals surface area contributed by atoms with E-state index < -0.39 is 10.0 Å². The fraction of sp³-hybridized carbons (Fsp3) is 1.00. The molecule has 0 aromatic heterocycles. The van der Waals surface area contributed by atoms with Gasteiger partial charge in [0.2, 0.25) is 10.0 Å². The van der Waals surface area contributed by atoms with Gasteiger partial charge in [-0.15, -0.1) is 0 Å². The number of nitrogens with two attached hydrogens (primary N) is 1. The summed E-state index contributed by atoms with van der Waals surface area (Å²) in [5.41, 5.74) is 5.73. The zero-order chi connectivity index (χ0) is 11.0. The highest BCUT2D eigenvalue weighted by Gasteiger charge is 2.45. The van der Waals surface area contributed by atoms with Gasteiger partial charge in [0.15, 0.2) is 0 Å². The molecular formula is C9H20N2O2S. The molecule has 5 heteroatoms. The van der Waals surface area contributed by atoms with Gasteiger partial charge in [-0.1, -0.05) is 13.3 Å². The Labute approximate surface area is 86.5 Å². The lowest BCUT2D eigenvalue weighted by Gasteiger charge is -2.47. The molecule has 1 aliphatic heterocycles. The van der Waals surface area contributed by atoms with Crippen molar-refractivity contribution in [3.05, 3.63) is 0 Å². The molecule has 1 saturated heterocycles. The van der Waals surface area contributed by atoms with E-state index in [0.717, 1.165) is 12.8 Å². The van der Waals surface area contributed by atoms with Gasteiger partial charge in [0, 0.05) is 18.6 Å². The molecule has 0 amide bonds. The minimum atomic E-state index is -3.08. The molecule has 0 atom stereocenters. The monoisotopic (exact) mass is 220 g/mol. The zero-order valence-corrected chi connectivity index (χ0v) is 9.97. The highest BCUT2D eigenvalue weighted by molar-refractivity contribution is 7.89. The van der Waals surface area contributed by atoms with E-state index in [0.29, 0.717) is 13.1 Å². The molecule has 0 unspecified atom stereocenters. The van der Waals surface area contributed by atoms with Gasteiger partial charge in [0.1, 0.15) is 0 Å². The molecule has 0 spiro atoms. The minimum absolute atomic E-state index is 0.267. The molecule has 0 aromatic rings. The van der Waals surface area contributed by atoms with Crippen LogP contribution in [0.3, 0.4) is 0 Å². The van der Waals surface area contributed by atoms with Crippen molar-refractivity contribution >= 4 is 10.0 Å². The Hall–Kier alpha value is -0.130. The number of nitrogens with zero attached hydrogens (tertiary/aromatic N) is 1. The van der Waals surface area contributed by atoms with Crippen LogP contribution >= 0.6 is 0 Å². The van der Waals surface area contributed by atoms with Crippen molar-refractivity contribution in [1.29, 1.82) is 0 Å². The molecule has 2 N–H and O–H groups in total. The second kappa shape index (κ2) is 3.79. The number of hydrogen-bond acceptors (Lipinski definition) is 3. The standard InChI is InChI=1S/C9H20N2O2S/c1-4-5-9(10)6-11(7-9)14(12,13)8(2)3/h8H,4-7,10H2,1-3H3. The number of hydrogen-bond donors (Lipinski definition) is 1. The van der Waals surface area contributed by atoms with Crippen LogP contribution in [0.2, 0.25) is 0 Å². The molecule has 1 fully saturated rings. The van der Waals surface area contributed by atoms with E-state index >= 15 is 0 Å². The molecule has 1 heterocycles.